The van der Waals surface area contributed by atoms with Gasteiger partial charge in [-0.2, -0.15) is 0 Å². The molecule has 0 bridgehead atoms. The van der Waals surface area contributed by atoms with Crippen LogP contribution in [0.3, 0.4) is 0 Å². The molecule has 1 amide bonds. The normalized spacial score (nSPS) is 38.3. The summed E-state index contributed by atoms with van der Waals surface area (Å²) in [5.74, 6) is -0.186. The van der Waals surface area contributed by atoms with Crippen molar-refractivity contribution in [2.75, 3.05) is 19.7 Å². The fourth-order valence-electron chi connectivity index (χ4n) is 3.80. The van der Waals surface area contributed by atoms with Crippen LogP contribution in [0.4, 0.5) is 0 Å². The standard InChI is InChI=1S/C16H31N3O2/c1-4-8-18-16(15(17)20)7-5-6-14(9-16)19-10-13(3)21-11-12(19)2/h12-14,18H,4-11H2,1-3H3,(H2,17,20). The van der Waals surface area contributed by atoms with Crippen molar-refractivity contribution >= 4 is 5.91 Å². The summed E-state index contributed by atoms with van der Waals surface area (Å²) >= 11 is 0. The van der Waals surface area contributed by atoms with Gasteiger partial charge in [0.05, 0.1) is 18.2 Å². The van der Waals surface area contributed by atoms with Crippen molar-refractivity contribution in [3.8, 4) is 0 Å². The third-order valence-corrected chi connectivity index (χ3v) is 5.04. The van der Waals surface area contributed by atoms with E-state index in [0.29, 0.717) is 12.1 Å². The summed E-state index contributed by atoms with van der Waals surface area (Å²) in [5, 5.41) is 3.45. The first kappa shape index (κ1) is 16.7. The van der Waals surface area contributed by atoms with E-state index >= 15 is 0 Å². The lowest BCUT2D eigenvalue weighted by Crippen LogP contribution is -2.63. The average Bonchev–Trinajstić information content (AvgIpc) is 2.47. The summed E-state index contributed by atoms with van der Waals surface area (Å²) in [7, 11) is 0. The van der Waals surface area contributed by atoms with E-state index < -0.39 is 5.54 Å². The van der Waals surface area contributed by atoms with Gasteiger partial charge in [-0.05, 0) is 52.5 Å². The molecule has 1 aliphatic carbocycles. The number of amides is 1. The highest BCUT2D eigenvalue weighted by Crippen LogP contribution is 2.33. The van der Waals surface area contributed by atoms with E-state index in [-0.39, 0.29) is 12.0 Å². The van der Waals surface area contributed by atoms with Crippen LogP contribution in [0.15, 0.2) is 0 Å². The zero-order chi connectivity index (χ0) is 15.5. The molecule has 3 N–H and O–H groups in total. The molecule has 122 valence electrons. The topological polar surface area (TPSA) is 67.6 Å². The second-order valence-electron chi connectivity index (χ2n) is 6.81. The van der Waals surface area contributed by atoms with Crippen molar-refractivity contribution in [2.24, 2.45) is 5.73 Å². The molecule has 4 unspecified atom stereocenters. The lowest BCUT2D eigenvalue weighted by molar-refractivity contribution is -0.128. The Bertz CT molecular complexity index is 363. The number of hydrogen-bond acceptors (Lipinski definition) is 4. The van der Waals surface area contributed by atoms with Crippen molar-refractivity contribution in [1.82, 2.24) is 10.2 Å². The summed E-state index contributed by atoms with van der Waals surface area (Å²) < 4.78 is 5.73. The van der Waals surface area contributed by atoms with Crippen LogP contribution in [-0.4, -0.2) is 54.2 Å². The SMILES string of the molecule is CCCNC1(C(N)=O)CCCC(N2CC(C)OCC2C)C1. The Morgan fingerprint density at radius 1 is 1.48 bits per heavy atom. The molecule has 0 aromatic rings. The Morgan fingerprint density at radius 2 is 2.24 bits per heavy atom. The average molecular weight is 297 g/mol. The summed E-state index contributed by atoms with van der Waals surface area (Å²) in [6.45, 7) is 9.04. The number of morpholine rings is 1. The van der Waals surface area contributed by atoms with Crippen LogP contribution in [0.25, 0.3) is 0 Å². The van der Waals surface area contributed by atoms with Crippen molar-refractivity contribution < 1.29 is 9.53 Å². The molecule has 5 heteroatoms. The van der Waals surface area contributed by atoms with Gasteiger partial charge in [0.2, 0.25) is 5.91 Å². The monoisotopic (exact) mass is 297 g/mol. The summed E-state index contributed by atoms with van der Waals surface area (Å²) in [6, 6.07) is 0.845. The second-order valence-corrected chi connectivity index (χ2v) is 6.81. The minimum Gasteiger partial charge on any atom is -0.376 e. The molecule has 1 heterocycles. The van der Waals surface area contributed by atoms with E-state index in [9.17, 15) is 4.79 Å². The van der Waals surface area contributed by atoms with Crippen LogP contribution in [0.1, 0.15) is 52.9 Å². The number of primary amides is 1. The molecule has 1 aliphatic heterocycles. The molecule has 2 aliphatic rings. The zero-order valence-corrected chi connectivity index (χ0v) is 13.7. The number of carbonyl (C=O) groups excluding carboxylic acids is 1. The highest BCUT2D eigenvalue weighted by Gasteiger charge is 2.43. The summed E-state index contributed by atoms with van der Waals surface area (Å²) in [5.41, 5.74) is 5.24. The molecule has 5 nitrogen and oxygen atoms in total. The first-order valence-corrected chi connectivity index (χ1v) is 8.41. The Labute approximate surface area is 128 Å². The number of ether oxygens (including phenoxy) is 1. The van der Waals surface area contributed by atoms with Gasteiger partial charge in [0.1, 0.15) is 0 Å². The van der Waals surface area contributed by atoms with Crippen LogP contribution in [0.5, 0.6) is 0 Å². The van der Waals surface area contributed by atoms with E-state index in [2.05, 4.69) is 31.0 Å². The lowest BCUT2D eigenvalue weighted by atomic mass is 9.77. The quantitative estimate of drug-likeness (QED) is 0.802. The molecule has 1 saturated heterocycles. The van der Waals surface area contributed by atoms with Gasteiger partial charge in [0.15, 0.2) is 0 Å². The predicted molar refractivity (Wildman–Crippen MR) is 84.1 cm³/mol. The molecule has 1 saturated carbocycles. The fraction of sp³-hybridized carbons (Fsp3) is 0.938. The first-order chi connectivity index (χ1) is 9.98. The third-order valence-electron chi connectivity index (χ3n) is 5.04. The summed E-state index contributed by atoms with van der Waals surface area (Å²) in [4.78, 5) is 14.6. The van der Waals surface area contributed by atoms with Gasteiger partial charge in [-0.3, -0.25) is 9.69 Å². The molecule has 21 heavy (non-hydrogen) atoms. The highest BCUT2D eigenvalue weighted by atomic mass is 16.5. The molecule has 4 atom stereocenters. The molecule has 2 fully saturated rings. The highest BCUT2D eigenvalue weighted by molar-refractivity contribution is 5.84. The fourth-order valence-corrected chi connectivity index (χ4v) is 3.80. The van der Waals surface area contributed by atoms with Crippen molar-refractivity contribution in [3.63, 3.8) is 0 Å². The van der Waals surface area contributed by atoms with E-state index in [1.165, 1.54) is 0 Å². The number of nitrogens with zero attached hydrogens (tertiary/aromatic N) is 1. The maximum absolute atomic E-state index is 12.1. The van der Waals surface area contributed by atoms with Crippen molar-refractivity contribution in [2.45, 2.75) is 76.6 Å². The number of nitrogens with one attached hydrogen (secondary N) is 1. The minimum atomic E-state index is -0.514. The molecule has 0 aromatic carbocycles. The Kier molecular flexibility index (Phi) is 5.63. The molecule has 0 spiro atoms. The number of rotatable bonds is 5. The molecular formula is C16H31N3O2. The maximum Gasteiger partial charge on any atom is 0.237 e. The van der Waals surface area contributed by atoms with Gasteiger partial charge < -0.3 is 15.8 Å². The minimum absolute atomic E-state index is 0.186. The van der Waals surface area contributed by atoms with Crippen LogP contribution in [0.2, 0.25) is 0 Å². The van der Waals surface area contributed by atoms with E-state index in [0.717, 1.165) is 51.8 Å². The lowest BCUT2D eigenvalue weighted by Gasteiger charge is -2.48. The van der Waals surface area contributed by atoms with E-state index in [1.807, 2.05) is 0 Å². The predicted octanol–water partition coefficient (Wildman–Crippen LogP) is 1.26. The first-order valence-electron chi connectivity index (χ1n) is 8.41. The van der Waals surface area contributed by atoms with Gasteiger partial charge in [0.25, 0.3) is 0 Å². The maximum atomic E-state index is 12.1. The van der Waals surface area contributed by atoms with E-state index in [1.54, 1.807) is 0 Å². The Morgan fingerprint density at radius 3 is 2.90 bits per heavy atom. The van der Waals surface area contributed by atoms with Gasteiger partial charge in [-0.15, -0.1) is 0 Å². The Balaban J connectivity index is 2.08. The van der Waals surface area contributed by atoms with Gasteiger partial charge in [0, 0.05) is 18.6 Å². The summed E-state index contributed by atoms with van der Waals surface area (Å²) in [6.07, 6.45) is 5.20. The van der Waals surface area contributed by atoms with Crippen LogP contribution in [-0.2, 0) is 9.53 Å². The molecule has 0 aromatic heterocycles. The Hall–Kier alpha value is -0.650. The molecule has 2 rings (SSSR count). The van der Waals surface area contributed by atoms with Crippen molar-refractivity contribution in [3.05, 3.63) is 0 Å². The third kappa shape index (κ3) is 3.76. The van der Waals surface area contributed by atoms with Gasteiger partial charge in [-0.25, -0.2) is 0 Å². The van der Waals surface area contributed by atoms with E-state index in [4.69, 9.17) is 10.5 Å². The van der Waals surface area contributed by atoms with Gasteiger partial charge in [-0.1, -0.05) is 6.92 Å². The number of hydrogen-bond donors (Lipinski definition) is 2. The largest absolute Gasteiger partial charge is 0.376 e. The van der Waals surface area contributed by atoms with Crippen LogP contribution >= 0.6 is 0 Å². The zero-order valence-electron chi connectivity index (χ0n) is 13.7. The second kappa shape index (κ2) is 7.07. The van der Waals surface area contributed by atoms with Crippen LogP contribution in [0, 0.1) is 0 Å². The van der Waals surface area contributed by atoms with Crippen molar-refractivity contribution in [1.29, 1.82) is 0 Å². The number of nitrogens with two attached hydrogens (primary N) is 1. The van der Waals surface area contributed by atoms with Crippen LogP contribution < -0.4 is 11.1 Å². The van der Waals surface area contributed by atoms with Gasteiger partial charge >= 0.3 is 0 Å². The number of carbonyl (C=O) groups is 1. The smallest absolute Gasteiger partial charge is 0.237 e. The molecular weight excluding hydrogens is 266 g/mol. The molecule has 0 radical (unpaired) electrons.